The Kier molecular flexibility index (Phi) is 4.88. The van der Waals surface area contributed by atoms with E-state index in [4.69, 9.17) is 0 Å². The van der Waals surface area contributed by atoms with E-state index in [0.29, 0.717) is 11.5 Å². The Balaban J connectivity index is 1.41. The lowest BCUT2D eigenvalue weighted by Crippen LogP contribution is -2.47. The quantitative estimate of drug-likeness (QED) is 0.858. The number of hydrogen-bond donors (Lipinski definition) is 1. The molecule has 2 aliphatic rings. The van der Waals surface area contributed by atoms with Crippen LogP contribution in [0.1, 0.15) is 53.4 Å². The molecule has 0 unspecified atom stereocenters. The van der Waals surface area contributed by atoms with Gasteiger partial charge in [-0.15, -0.1) is 11.3 Å². The van der Waals surface area contributed by atoms with Crippen molar-refractivity contribution in [2.75, 3.05) is 18.0 Å². The second kappa shape index (κ2) is 7.32. The van der Waals surface area contributed by atoms with Gasteiger partial charge in [0.2, 0.25) is 0 Å². The first kappa shape index (κ1) is 18.0. The van der Waals surface area contributed by atoms with E-state index in [1.54, 1.807) is 23.7 Å². The summed E-state index contributed by atoms with van der Waals surface area (Å²) in [4.78, 5) is 20.0. The number of nitrogens with one attached hydrogen (secondary N) is 1. The Morgan fingerprint density at radius 2 is 2.19 bits per heavy atom. The Hall–Kier alpha value is -2.39. The SMILES string of the molecule is CCc1ccsc1C(=O)NC1(C2CCN(c3ccncc3C#N)CC2)CC1. The minimum absolute atomic E-state index is 0.0194. The maximum atomic E-state index is 12.8. The molecule has 1 saturated carbocycles. The van der Waals surface area contributed by atoms with E-state index in [2.05, 4.69) is 34.3 Å². The van der Waals surface area contributed by atoms with Gasteiger partial charge in [-0.3, -0.25) is 9.78 Å². The Labute approximate surface area is 164 Å². The van der Waals surface area contributed by atoms with Crippen LogP contribution in [-0.2, 0) is 6.42 Å². The zero-order chi connectivity index (χ0) is 18.9. The van der Waals surface area contributed by atoms with E-state index in [1.165, 1.54) is 0 Å². The summed E-state index contributed by atoms with van der Waals surface area (Å²) in [6, 6.07) is 6.22. The maximum absolute atomic E-state index is 12.8. The molecule has 0 aromatic carbocycles. The van der Waals surface area contributed by atoms with Crippen LogP contribution in [0.4, 0.5) is 5.69 Å². The molecular weight excluding hydrogens is 356 g/mol. The van der Waals surface area contributed by atoms with Crippen molar-refractivity contribution in [1.82, 2.24) is 10.3 Å². The molecule has 140 valence electrons. The molecule has 4 rings (SSSR count). The van der Waals surface area contributed by atoms with E-state index in [0.717, 1.165) is 61.3 Å². The number of hydrogen-bond acceptors (Lipinski definition) is 5. The van der Waals surface area contributed by atoms with Gasteiger partial charge in [-0.05, 0) is 61.1 Å². The second-order valence-electron chi connectivity index (χ2n) is 7.50. The minimum Gasteiger partial charge on any atom is -0.370 e. The number of aryl methyl sites for hydroxylation is 1. The number of aromatic nitrogens is 1. The standard InChI is InChI=1S/C21H24N4OS/c1-2-15-6-12-27-19(15)20(26)24-21(7-8-21)17-4-10-25(11-5-17)18-3-9-23-14-16(18)13-22/h3,6,9,12,14,17H,2,4-5,7-8,10-11H2,1H3,(H,24,26). The number of nitriles is 1. The van der Waals surface area contributed by atoms with Gasteiger partial charge in [-0.25, -0.2) is 0 Å². The summed E-state index contributed by atoms with van der Waals surface area (Å²) in [5, 5.41) is 14.7. The third-order valence-electron chi connectivity index (χ3n) is 6.02. The zero-order valence-electron chi connectivity index (χ0n) is 15.6. The molecule has 0 bridgehead atoms. The molecule has 0 spiro atoms. The lowest BCUT2D eigenvalue weighted by atomic mass is 9.86. The number of amides is 1. The molecule has 2 aromatic rings. The number of rotatable bonds is 5. The first-order chi connectivity index (χ1) is 13.2. The molecule has 0 radical (unpaired) electrons. The largest absolute Gasteiger partial charge is 0.370 e. The third kappa shape index (κ3) is 3.44. The molecule has 1 N–H and O–H groups in total. The molecule has 3 heterocycles. The fourth-order valence-electron chi connectivity index (χ4n) is 4.29. The third-order valence-corrected chi connectivity index (χ3v) is 6.98. The second-order valence-corrected chi connectivity index (χ2v) is 8.42. The Morgan fingerprint density at radius 3 is 2.85 bits per heavy atom. The van der Waals surface area contributed by atoms with Crippen LogP contribution in [0.3, 0.4) is 0 Å². The van der Waals surface area contributed by atoms with Crippen LogP contribution in [0.2, 0.25) is 0 Å². The summed E-state index contributed by atoms with van der Waals surface area (Å²) < 4.78 is 0. The number of carbonyl (C=O) groups is 1. The van der Waals surface area contributed by atoms with E-state index < -0.39 is 0 Å². The smallest absolute Gasteiger partial charge is 0.262 e. The Bertz CT molecular complexity index is 872. The number of pyridine rings is 1. The van der Waals surface area contributed by atoms with Crippen LogP contribution in [0.5, 0.6) is 0 Å². The van der Waals surface area contributed by atoms with Gasteiger partial charge in [-0.1, -0.05) is 6.92 Å². The Morgan fingerprint density at radius 1 is 1.41 bits per heavy atom. The van der Waals surface area contributed by atoms with Crippen molar-refractivity contribution < 1.29 is 4.79 Å². The predicted molar refractivity (Wildman–Crippen MR) is 107 cm³/mol. The molecule has 1 aliphatic heterocycles. The summed E-state index contributed by atoms with van der Waals surface area (Å²) in [5.74, 6) is 0.609. The monoisotopic (exact) mass is 380 g/mol. The molecule has 1 saturated heterocycles. The summed E-state index contributed by atoms with van der Waals surface area (Å²) in [5.41, 5.74) is 2.74. The highest BCUT2D eigenvalue weighted by Gasteiger charge is 2.51. The molecule has 5 nitrogen and oxygen atoms in total. The maximum Gasteiger partial charge on any atom is 0.262 e. The highest BCUT2D eigenvalue weighted by Crippen LogP contribution is 2.47. The summed E-state index contributed by atoms with van der Waals surface area (Å²) in [6.07, 6.45) is 8.51. The molecule has 2 aromatic heterocycles. The average Bonchev–Trinajstić information content (AvgIpc) is 3.33. The van der Waals surface area contributed by atoms with Crippen LogP contribution in [0, 0.1) is 17.2 Å². The van der Waals surface area contributed by atoms with Crippen molar-refractivity contribution in [2.24, 2.45) is 5.92 Å². The lowest BCUT2D eigenvalue weighted by molar-refractivity contribution is 0.0909. The van der Waals surface area contributed by atoms with Gasteiger partial charge in [0.15, 0.2) is 0 Å². The molecule has 2 fully saturated rings. The van der Waals surface area contributed by atoms with Crippen LogP contribution < -0.4 is 10.2 Å². The van der Waals surface area contributed by atoms with Crippen molar-refractivity contribution in [3.05, 3.63) is 45.9 Å². The van der Waals surface area contributed by atoms with Crippen molar-refractivity contribution in [3.8, 4) is 6.07 Å². The van der Waals surface area contributed by atoms with Gasteiger partial charge in [0.1, 0.15) is 6.07 Å². The normalized spacial score (nSPS) is 18.7. The fourth-order valence-corrected chi connectivity index (χ4v) is 5.18. The van der Waals surface area contributed by atoms with Gasteiger partial charge in [-0.2, -0.15) is 5.26 Å². The molecule has 6 heteroatoms. The van der Waals surface area contributed by atoms with Crippen molar-refractivity contribution >= 4 is 22.9 Å². The van der Waals surface area contributed by atoms with Crippen LogP contribution in [-0.4, -0.2) is 29.5 Å². The molecule has 1 aliphatic carbocycles. The van der Waals surface area contributed by atoms with Gasteiger partial charge < -0.3 is 10.2 Å². The highest BCUT2D eigenvalue weighted by molar-refractivity contribution is 7.12. The fraction of sp³-hybridized carbons (Fsp3) is 0.476. The van der Waals surface area contributed by atoms with Crippen LogP contribution >= 0.6 is 11.3 Å². The average molecular weight is 381 g/mol. The number of piperidine rings is 1. The summed E-state index contributed by atoms with van der Waals surface area (Å²) in [6.45, 7) is 3.93. The number of anilines is 1. The van der Waals surface area contributed by atoms with E-state index in [9.17, 15) is 10.1 Å². The van der Waals surface area contributed by atoms with Gasteiger partial charge in [0, 0.05) is 31.0 Å². The first-order valence-corrected chi connectivity index (χ1v) is 10.5. The number of nitrogens with zero attached hydrogens (tertiary/aromatic N) is 3. The van der Waals surface area contributed by atoms with Crippen molar-refractivity contribution in [1.29, 1.82) is 5.26 Å². The van der Waals surface area contributed by atoms with E-state index in [-0.39, 0.29) is 11.4 Å². The van der Waals surface area contributed by atoms with Crippen LogP contribution in [0.25, 0.3) is 0 Å². The molecule has 1 amide bonds. The van der Waals surface area contributed by atoms with Gasteiger partial charge >= 0.3 is 0 Å². The van der Waals surface area contributed by atoms with Gasteiger partial charge in [0.25, 0.3) is 5.91 Å². The van der Waals surface area contributed by atoms with E-state index >= 15 is 0 Å². The van der Waals surface area contributed by atoms with E-state index in [1.807, 2.05) is 11.4 Å². The van der Waals surface area contributed by atoms with Crippen LogP contribution in [0.15, 0.2) is 29.9 Å². The highest BCUT2D eigenvalue weighted by atomic mass is 32.1. The number of carbonyl (C=O) groups excluding carboxylic acids is 1. The predicted octanol–water partition coefficient (Wildman–Crippen LogP) is 3.76. The zero-order valence-corrected chi connectivity index (χ0v) is 16.4. The minimum atomic E-state index is -0.0194. The summed E-state index contributed by atoms with van der Waals surface area (Å²) >= 11 is 1.54. The summed E-state index contributed by atoms with van der Waals surface area (Å²) in [7, 11) is 0. The first-order valence-electron chi connectivity index (χ1n) is 9.65. The molecular formula is C21H24N4OS. The molecule has 27 heavy (non-hydrogen) atoms. The molecule has 0 atom stereocenters. The van der Waals surface area contributed by atoms with Crippen molar-refractivity contribution in [2.45, 2.75) is 44.6 Å². The lowest BCUT2D eigenvalue weighted by Gasteiger charge is -2.38. The van der Waals surface area contributed by atoms with Gasteiger partial charge in [0.05, 0.1) is 16.1 Å². The topological polar surface area (TPSA) is 69.0 Å². The van der Waals surface area contributed by atoms with Crippen molar-refractivity contribution in [3.63, 3.8) is 0 Å². The number of thiophene rings is 1.